The van der Waals surface area contributed by atoms with E-state index in [-0.39, 0.29) is 0 Å². The highest BCUT2D eigenvalue weighted by Gasteiger charge is 2.00. The number of benzene rings is 1. The number of rotatable bonds is 2. The van der Waals surface area contributed by atoms with Crippen molar-refractivity contribution in [1.82, 2.24) is 0 Å². The van der Waals surface area contributed by atoms with Gasteiger partial charge in [-0.2, -0.15) is 0 Å². The third-order valence-electron chi connectivity index (χ3n) is 2.04. The van der Waals surface area contributed by atoms with E-state index >= 15 is 0 Å². The molecule has 72 valence electrons. The standard InChI is InChI=1S/C12H13NO/c1-2-5-11(6-3-1)7-8-12-13-9-4-10-14-12/h1-3,5-8H,4,9-10H2/b8-7+. The van der Waals surface area contributed by atoms with Crippen LogP contribution in [0.5, 0.6) is 0 Å². The van der Waals surface area contributed by atoms with Crippen molar-refractivity contribution in [1.29, 1.82) is 0 Å². The molecule has 0 atom stereocenters. The maximum atomic E-state index is 5.36. The second-order valence-corrected chi connectivity index (χ2v) is 3.17. The van der Waals surface area contributed by atoms with E-state index in [0.717, 1.165) is 25.5 Å². The average Bonchev–Trinajstić information content (AvgIpc) is 2.29. The van der Waals surface area contributed by atoms with Gasteiger partial charge in [0, 0.05) is 19.0 Å². The van der Waals surface area contributed by atoms with Crippen molar-refractivity contribution in [3.63, 3.8) is 0 Å². The highest BCUT2D eigenvalue weighted by Crippen LogP contribution is 2.03. The van der Waals surface area contributed by atoms with Gasteiger partial charge in [-0.15, -0.1) is 0 Å². The Kier molecular flexibility index (Phi) is 2.96. The summed E-state index contributed by atoms with van der Waals surface area (Å²) < 4.78 is 5.36. The van der Waals surface area contributed by atoms with E-state index in [2.05, 4.69) is 17.1 Å². The summed E-state index contributed by atoms with van der Waals surface area (Å²) in [5, 5.41) is 0. The molecule has 1 aromatic rings. The van der Waals surface area contributed by atoms with Crippen LogP contribution in [0.2, 0.25) is 0 Å². The van der Waals surface area contributed by atoms with Gasteiger partial charge in [-0.1, -0.05) is 30.3 Å². The molecule has 1 heterocycles. The first-order chi connectivity index (χ1) is 6.95. The summed E-state index contributed by atoms with van der Waals surface area (Å²) >= 11 is 0. The first kappa shape index (κ1) is 9.00. The van der Waals surface area contributed by atoms with Gasteiger partial charge in [-0.05, 0) is 11.6 Å². The average molecular weight is 187 g/mol. The molecular weight excluding hydrogens is 174 g/mol. The van der Waals surface area contributed by atoms with Gasteiger partial charge in [0.1, 0.15) is 0 Å². The van der Waals surface area contributed by atoms with Gasteiger partial charge < -0.3 is 4.74 Å². The number of hydrogen-bond acceptors (Lipinski definition) is 2. The van der Waals surface area contributed by atoms with Gasteiger partial charge in [0.2, 0.25) is 5.90 Å². The maximum Gasteiger partial charge on any atom is 0.208 e. The second-order valence-electron chi connectivity index (χ2n) is 3.17. The Morgan fingerprint density at radius 2 is 2.00 bits per heavy atom. The van der Waals surface area contributed by atoms with Gasteiger partial charge in [-0.3, -0.25) is 4.99 Å². The Morgan fingerprint density at radius 3 is 2.71 bits per heavy atom. The molecule has 1 aliphatic heterocycles. The molecule has 0 N–H and O–H groups in total. The van der Waals surface area contributed by atoms with Gasteiger partial charge >= 0.3 is 0 Å². The van der Waals surface area contributed by atoms with Crippen molar-refractivity contribution in [2.75, 3.05) is 13.2 Å². The molecule has 0 aromatic heterocycles. The van der Waals surface area contributed by atoms with Gasteiger partial charge in [0.25, 0.3) is 0 Å². The maximum absolute atomic E-state index is 5.36. The van der Waals surface area contributed by atoms with Crippen LogP contribution in [-0.4, -0.2) is 19.0 Å². The van der Waals surface area contributed by atoms with Crippen LogP contribution >= 0.6 is 0 Å². The molecule has 0 unspecified atom stereocenters. The zero-order valence-electron chi connectivity index (χ0n) is 8.02. The van der Waals surface area contributed by atoms with Crippen LogP contribution in [0.4, 0.5) is 0 Å². The van der Waals surface area contributed by atoms with Crippen molar-refractivity contribution in [3.8, 4) is 0 Å². The molecule has 2 nitrogen and oxygen atoms in total. The number of hydrogen-bond donors (Lipinski definition) is 0. The molecule has 0 spiro atoms. The van der Waals surface area contributed by atoms with E-state index in [0.29, 0.717) is 0 Å². The van der Waals surface area contributed by atoms with Crippen molar-refractivity contribution in [3.05, 3.63) is 42.0 Å². The van der Waals surface area contributed by atoms with E-state index in [1.807, 2.05) is 30.4 Å². The minimum Gasteiger partial charge on any atom is -0.478 e. The minimum atomic E-state index is 0.750. The SMILES string of the molecule is C(=C\c1ccccc1)/C1=NCCCO1. The largest absolute Gasteiger partial charge is 0.478 e. The molecule has 1 aliphatic rings. The quantitative estimate of drug-likeness (QED) is 0.697. The lowest BCUT2D eigenvalue weighted by atomic mass is 10.2. The zero-order chi connectivity index (χ0) is 9.64. The van der Waals surface area contributed by atoms with E-state index < -0.39 is 0 Å². The number of aliphatic imine (C=N–C) groups is 1. The predicted molar refractivity (Wildman–Crippen MR) is 58.3 cm³/mol. The third-order valence-corrected chi connectivity index (χ3v) is 2.04. The third kappa shape index (κ3) is 2.46. The highest BCUT2D eigenvalue weighted by atomic mass is 16.5. The monoisotopic (exact) mass is 187 g/mol. The Hall–Kier alpha value is -1.57. The van der Waals surface area contributed by atoms with E-state index in [9.17, 15) is 0 Å². The Labute approximate surface area is 83.9 Å². The van der Waals surface area contributed by atoms with Crippen LogP contribution in [0.3, 0.4) is 0 Å². The smallest absolute Gasteiger partial charge is 0.208 e. The lowest BCUT2D eigenvalue weighted by Crippen LogP contribution is -2.10. The van der Waals surface area contributed by atoms with E-state index in [1.54, 1.807) is 0 Å². The van der Waals surface area contributed by atoms with Crippen molar-refractivity contribution in [2.45, 2.75) is 6.42 Å². The first-order valence-corrected chi connectivity index (χ1v) is 4.85. The summed E-state index contributed by atoms with van der Waals surface area (Å²) in [5.74, 6) is 0.750. The Bertz CT molecular complexity index is 341. The molecule has 2 rings (SSSR count). The molecule has 0 bridgehead atoms. The van der Waals surface area contributed by atoms with Crippen LogP contribution in [0.1, 0.15) is 12.0 Å². The Morgan fingerprint density at radius 1 is 1.14 bits per heavy atom. The minimum absolute atomic E-state index is 0.750. The summed E-state index contributed by atoms with van der Waals surface area (Å²) in [5.41, 5.74) is 1.17. The molecule has 14 heavy (non-hydrogen) atoms. The zero-order valence-corrected chi connectivity index (χ0v) is 8.02. The van der Waals surface area contributed by atoms with Crippen LogP contribution in [0.15, 0.2) is 41.4 Å². The summed E-state index contributed by atoms with van der Waals surface area (Å²) in [6, 6.07) is 10.2. The topological polar surface area (TPSA) is 21.6 Å². The molecule has 0 saturated heterocycles. The molecule has 0 fully saturated rings. The van der Waals surface area contributed by atoms with Crippen molar-refractivity contribution >= 4 is 12.0 Å². The van der Waals surface area contributed by atoms with Crippen molar-refractivity contribution < 1.29 is 4.74 Å². The summed E-state index contributed by atoms with van der Waals surface area (Å²) in [4.78, 5) is 4.25. The lowest BCUT2D eigenvalue weighted by molar-refractivity contribution is 0.286. The molecule has 1 aromatic carbocycles. The fraction of sp³-hybridized carbons (Fsp3) is 0.250. The van der Waals surface area contributed by atoms with Crippen LogP contribution in [0.25, 0.3) is 6.08 Å². The normalized spacial score (nSPS) is 16.4. The number of ether oxygens (including phenoxy) is 1. The van der Waals surface area contributed by atoms with E-state index in [1.165, 1.54) is 5.56 Å². The molecule has 0 amide bonds. The van der Waals surface area contributed by atoms with Crippen molar-refractivity contribution in [2.24, 2.45) is 4.99 Å². The fourth-order valence-corrected chi connectivity index (χ4v) is 1.31. The molecular formula is C12H13NO. The van der Waals surface area contributed by atoms with E-state index in [4.69, 9.17) is 4.74 Å². The molecule has 2 heteroatoms. The summed E-state index contributed by atoms with van der Waals surface area (Å²) in [6.45, 7) is 1.67. The summed E-state index contributed by atoms with van der Waals surface area (Å²) in [7, 11) is 0. The fourth-order valence-electron chi connectivity index (χ4n) is 1.31. The predicted octanol–water partition coefficient (Wildman–Crippen LogP) is 2.52. The summed E-state index contributed by atoms with van der Waals surface area (Å²) in [6.07, 6.45) is 4.97. The first-order valence-electron chi connectivity index (χ1n) is 4.85. The molecule has 0 radical (unpaired) electrons. The molecule has 0 saturated carbocycles. The van der Waals surface area contributed by atoms with Gasteiger partial charge in [-0.25, -0.2) is 0 Å². The second kappa shape index (κ2) is 4.61. The lowest BCUT2D eigenvalue weighted by Gasteiger charge is -2.09. The van der Waals surface area contributed by atoms with Crippen LogP contribution in [0, 0.1) is 0 Å². The van der Waals surface area contributed by atoms with Crippen LogP contribution in [-0.2, 0) is 4.74 Å². The van der Waals surface area contributed by atoms with Gasteiger partial charge in [0.05, 0.1) is 6.61 Å². The Balaban J connectivity index is 2.03. The molecule has 0 aliphatic carbocycles. The van der Waals surface area contributed by atoms with Crippen LogP contribution < -0.4 is 0 Å². The number of nitrogens with zero attached hydrogens (tertiary/aromatic N) is 1. The highest BCUT2D eigenvalue weighted by molar-refractivity contribution is 5.92. The van der Waals surface area contributed by atoms with Gasteiger partial charge in [0.15, 0.2) is 0 Å².